The van der Waals surface area contributed by atoms with Gasteiger partial charge in [-0.25, -0.2) is 4.39 Å². The Bertz CT molecular complexity index is 452. The zero-order chi connectivity index (χ0) is 13.6. The van der Waals surface area contributed by atoms with E-state index in [1.807, 2.05) is 6.92 Å². The largest absolute Gasteiger partial charge is 0.385 e. The van der Waals surface area contributed by atoms with E-state index in [0.29, 0.717) is 5.92 Å². The lowest BCUT2D eigenvalue weighted by Crippen LogP contribution is -2.40. The van der Waals surface area contributed by atoms with Crippen LogP contribution in [0.1, 0.15) is 51.2 Å². The van der Waals surface area contributed by atoms with Crippen LogP contribution in [0.15, 0.2) is 18.2 Å². The molecule has 0 radical (unpaired) electrons. The first-order valence-corrected chi connectivity index (χ1v) is 6.71. The molecule has 0 aliphatic heterocycles. The molecule has 1 saturated carbocycles. The van der Waals surface area contributed by atoms with E-state index in [-0.39, 0.29) is 11.2 Å². The summed E-state index contributed by atoms with van der Waals surface area (Å²) in [4.78, 5) is 0. The second kappa shape index (κ2) is 4.34. The van der Waals surface area contributed by atoms with Crippen LogP contribution in [0.2, 0.25) is 0 Å². The lowest BCUT2D eigenvalue weighted by molar-refractivity contribution is -0.0639. The normalized spacial score (nSPS) is 31.3. The smallest absolute Gasteiger partial charge is 0.123 e. The van der Waals surface area contributed by atoms with Gasteiger partial charge >= 0.3 is 0 Å². The first-order chi connectivity index (χ1) is 8.22. The third-order valence-electron chi connectivity index (χ3n) is 4.05. The van der Waals surface area contributed by atoms with Crippen LogP contribution < -0.4 is 0 Å². The fourth-order valence-electron chi connectivity index (χ4n) is 3.88. The van der Waals surface area contributed by atoms with Gasteiger partial charge in [0.1, 0.15) is 5.82 Å². The Kier molecular flexibility index (Phi) is 3.26. The van der Waals surface area contributed by atoms with Crippen LogP contribution in [0, 0.1) is 24.1 Å². The predicted molar refractivity (Wildman–Crippen MR) is 71.8 cm³/mol. The minimum absolute atomic E-state index is 0.132. The van der Waals surface area contributed by atoms with Crippen molar-refractivity contribution in [3.05, 3.63) is 35.1 Å². The van der Waals surface area contributed by atoms with Crippen molar-refractivity contribution < 1.29 is 9.50 Å². The molecule has 1 aliphatic carbocycles. The number of aryl methyl sites for hydroxylation is 1. The first kappa shape index (κ1) is 13.5. The van der Waals surface area contributed by atoms with Gasteiger partial charge in [-0.3, -0.25) is 0 Å². The second-order valence-electron chi connectivity index (χ2n) is 6.85. The van der Waals surface area contributed by atoms with E-state index >= 15 is 0 Å². The molecule has 0 heterocycles. The van der Waals surface area contributed by atoms with Crippen LogP contribution in [0.5, 0.6) is 0 Å². The lowest BCUT2D eigenvalue weighted by Gasteiger charge is -2.45. The van der Waals surface area contributed by atoms with Crippen molar-refractivity contribution in [2.24, 2.45) is 11.3 Å². The zero-order valence-corrected chi connectivity index (χ0v) is 11.8. The maximum absolute atomic E-state index is 13.2. The summed E-state index contributed by atoms with van der Waals surface area (Å²) in [6, 6.07) is 4.71. The molecule has 2 rings (SSSR count). The third kappa shape index (κ3) is 2.59. The molecule has 0 bridgehead atoms. The lowest BCUT2D eigenvalue weighted by atomic mass is 9.63. The van der Waals surface area contributed by atoms with Crippen molar-refractivity contribution >= 4 is 0 Å². The number of rotatable bonds is 1. The second-order valence-corrected chi connectivity index (χ2v) is 6.85. The van der Waals surface area contributed by atoms with Crippen LogP contribution in [-0.4, -0.2) is 5.11 Å². The van der Waals surface area contributed by atoms with Gasteiger partial charge in [-0.05, 0) is 60.8 Å². The average molecular weight is 250 g/mol. The molecule has 100 valence electrons. The van der Waals surface area contributed by atoms with Crippen LogP contribution in [-0.2, 0) is 5.60 Å². The summed E-state index contributed by atoms with van der Waals surface area (Å²) < 4.78 is 13.2. The minimum Gasteiger partial charge on any atom is -0.385 e. The summed E-state index contributed by atoms with van der Waals surface area (Å²) >= 11 is 0. The monoisotopic (exact) mass is 250 g/mol. The molecule has 0 saturated heterocycles. The number of aliphatic hydroxyl groups is 1. The SMILES string of the molecule is Cc1cc(F)ccc1C1(O)CC(C)CC(C)(C)C1. The van der Waals surface area contributed by atoms with Crippen LogP contribution in [0.25, 0.3) is 0 Å². The molecule has 1 nitrogen and oxygen atoms in total. The van der Waals surface area contributed by atoms with E-state index in [9.17, 15) is 9.50 Å². The molecule has 1 aromatic carbocycles. The summed E-state index contributed by atoms with van der Waals surface area (Å²) in [5.74, 6) is 0.256. The van der Waals surface area contributed by atoms with Gasteiger partial charge < -0.3 is 5.11 Å². The predicted octanol–water partition coefficient (Wildman–Crippen LogP) is 4.17. The van der Waals surface area contributed by atoms with E-state index < -0.39 is 5.60 Å². The van der Waals surface area contributed by atoms with E-state index in [1.165, 1.54) is 12.1 Å². The van der Waals surface area contributed by atoms with Gasteiger partial charge in [0.05, 0.1) is 5.60 Å². The van der Waals surface area contributed by atoms with E-state index in [2.05, 4.69) is 20.8 Å². The molecule has 18 heavy (non-hydrogen) atoms. The van der Waals surface area contributed by atoms with Crippen molar-refractivity contribution in [2.75, 3.05) is 0 Å². The summed E-state index contributed by atoms with van der Waals surface area (Å²) in [5, 5.41) is 11.0. The molecule has 0 amide bonds. The zero-order valence-electron chi connectivity index (χ0n) is 11.8. The number of halogens is 1. The van der Waals surface area contributed by atoms with Gasteiger partial charge in [0.2, 0.25) is 0 Å². The fraction of sp³-hybridized carbons (Fsp3) is 0.625. The molecule has 1 fully saturated rings. The Morgan fingerprint density at radius 3 is 2.50 bits per heavy atom. The fourth-order valence-corrected chi connectivity index (χ4v) is 3.88. The van der Waals surface area contributed by atoms with Gasteiger partial charge in [0.15, 0.2) is 0 Å². The number of benzene rings is 1. The summed E-state index contributed by atoms with van der Waals surface area (Å²) in [5.41, 5.74) is 1.07. The van der Waals surface area contributed by atoms with E-state index in [1.54, 1.807) is 6.07 Å². The molecular formula is C16H23FO. The molecule has 2 atom stereocenters. The highest BCUT2D eigenvalue weighted by Gasteiger charge is 2.43. The summed E-state index contributed by atoms with van der Waals surface area (Å²) in [7, 11) is 0. The van der Waals surface area contributed by atoms with Crippen molar-refractivity contribution in [1.82, 2.24) is 0 Å². The highest BCUT2D eigenvalue weighted by molar-refractivity contribution is 5.32. The highest BCUT2D eigenvalue weighted by Crippen LogP contribution is 2.49. The van der Waals surface area contributed by atoms with Crippen molar-refractivity contribution in [2.45, 2.75) is 52.6 Å². The number of hydrogen-bond acceptors (Lipinski definition) is 1. The molecule has 0 spiro atoms. The molecule has 1 aliphatic rings. The van der Waals surface area contributed by atoms with Gasteiger partial charge in [-0.15, -0.1) is 0 Å². The van der Waals surface area contributed by atoms with Gasteiger partial charge in [0, 0.05) is 0 Å². The topological polar surface area (TPSA) is 20.2 Å². The van der Waals surface area contributed by atoms with Crippen molar-refractivity contribution in [1.29, 1.82) is 0 Å². The Hall–Kier alpha value is -0.890. The quantitative estimate of drug-likeness (QED) is 0.793. The van der Waals surface area contributed by atoms with Crippen LogP contribution in [0.4, 0.5) is 4.39 Å². The van der Waals surface area contributed by atoms with Crippen molar-refractivity contribution in [3.8, 4) is 0 Å². The average Bonchev–Trinajstić information content (AvgIpc) is 2.11. The third-order valence-corrected chi connectivity index (χ3v) is 4.05. The molecule has 0 aromatic heterocycles. The summed E-state index contributed by atoms with van der Waals surface area (Å²) in [6.45, 7) is 8.46. The van der Waals surface area contributed by atoms with E-state index in [0.717, 1.165) is 30.4 Å². The Labute approximate surface area is 109 Å². The van der Waals surface area contributed by atoms with Crippen molar-refractivity contribution in [3.63, 3.8) is 0 Å². The molecule has 1 N–H and O–H groups in total. The highest BCUT2D eigenvalue weighted by atomic mass is 19.1. The van der Waals surface area contributed by atoms with Gasteiger partial charge in [0.25, 0.3) is 0 Å². The van der Waals surface area contributed by atoms with Crippen LogP contribution >= 0.6 is 0 Å². The molecule has 2 heteroatoms. The van der Waals surface area contributed by atoms with Gasteiger partial charge in [-0.1, -0.05) is 26.8 Å². The van der Waals surface area contributed by atoms with Gasteiger partial charge in [-0.2, -0.15) is 0 Å². The van der Waals surface area contributed by atoms with E-state index in [4.69, 9.17) is 0 Å². The maximum Gasteiger partial charge on any atom is 0.123 e. The Morgan fingerprint density at radius 2 is 1.94 bits per heavy atom. The Morgan fingerprint density at radius 1 is 1.28 bits per heavy atom. The molecule has 1 aromatic rings. The standard InChI is InChI=1S/C16H23FO/c1-11-8-15(3,4)10-16(18,9-11)14-6-5-13(17)7-12(14)2/h5-7,11,18H,8-10H2,1-4H3. The Balaban J connectivity index is 2.41. The maximum atomic E-state index is 13.2. The molecular weight excluding hydrogens is 227 g/mol. The van der Waals surface area contributed by atoms with Crippen LogP contribution in [0.3, 0.4) is 0 Å². The first-order valence-electron chi connectivity index (χ1n) is 6.71. The summed E-state index contributed by atoms with van der Waals surface area (Å²) in [6.07, 6.45) is 2.65. The minimum atomic E-state index is -0.807. The number of hydrogen-bond donors (Lipinski definition) is 1. The molecule has 2 unspecified atom stereocenters.